The van der Waals surface area contributed by atoms with Crippen molar-refractivity contribution in [2.24, 2.45) is 0 Å². The molecule has 3 rings (SSSR count). The van der Waals surface area contributed by atoms with E-state index in [0.717, 1.165) is 5.56 Å². The third kappa shape index (κ3) is 3.08. The Kier molecular flexibility index (Phi) is 4.31. The number of H-pyrrole nitrogens is 1. The van der Waals surface area contributed by atoms with Crippen molar-refractivity contribution in [3.05, 3.63) is 47.2 Å². The zero-order valence-electron chi connectivity index (χ0n) is 12.1. The van der Waals surface area contributed by atoms with Gasteiger partial charge in [-0.2, -0.15) is 5.10 Å². The molecule has 7 heteroatoms. The average Bonchev–Trinajstić information content (AvgIpc) is 3.01. The summed E-state index contributed by atoms with van der Waals surface area (Å²) in [7, 11) is 0. The molecule has 0 spiro atoms. The molecule has 0 radical (unpaired) electrons. The summed E-state index contributed by atoms with van der Waals surface area (Å²) in [6.07, 6.45) is 2.98. The molecular formula is C15H17ClN4O2. The first-order chi connectivity index (χ1) is 10.6. The fourth-order valence-corrected chi connectivity index (χ4v) is 2.74. The van der Waals surface area contributed by atoms with Crippen molar-refractivity contribution in [2.75, 3.05) is 18.5 Å². The van der Waals surface area contributed by atoms with Gasteiger partial charge in [-0.1, -0.05) is 29.8 Å². The number of hydrogen-bond acceptors (Lipinski definition) is 3. The number of carbonyl (C=O) groups is 1. The van der Waals surface area contributed by atoms with Crippen molar-refractivity contribution in [1.82, 2.24) is 15.1 Å². The second kappa shape index (κ2) is 6.37. The lowest BCUT2D eigenvalue weighted by Crippen LogP contribution is -2.49. The lowest BCUT2D eigenvalue weighted by molar-refractivity contribution is -0.0407. The summed E-state index contributed by atoms with van der Waals surface area (Å²) in [5, 5.41) is 9.94. The van der Waals surface area contributed by atoms with E-state index in [2.05, 4.69) is 15.5 Å². The van der Waals surface area contributed by atoms with E-state index in [-0.39, 0.29) is 18.2 Å². The summed E-state index contributed by atoms with van der Waals surface area (Å²) >= 11 is 6.22. The zero-order chi connectivity index (χ0) is 15.5. The topological polar surface area (TPSA) is 70.2 Å². The molecule has 0 saturated carbocycles. The van der Waals surface area contributed by atoms with Gasteiger partial charge in [-0.15, -0.1) is 0 Å². The molecule has 1 saturated heterocycles. The molecule has 1 fully saturated rings. The predicted octanol–water partition coefficient (Wildman–Crippen LogP) is 3.06. The Labute approximate surface area is 133 Å². The van der Waals surface area contributed by atoms with E-state index in [9.17, 15) is 4.79 Å². The maximum Gasteiger partial charge on any atom is 0.322 e. The van der Waals surface area contributed by atoms with Crippen molar-refractivity contribution < 1.29 is 9.53 Å². The molecule has 2 unspecified atom stereocenters. The molecule has 116 valence electrons. The highest BCUT2D eigenvalue weighted by molar-refractivity contribution is 6.31. The number of hydrogen-bond donors (Lipinski definition) is 2. The largest absolute Gasteiger partial charge is 0.369 e. The smallest absolute Gasteiger partial charge is 0.322 e. The number of aromatic nitrogens is 2. The number of anilines is 1. The van der Waals surface area contributed by atoms with E-state index in [1.54, 1.807) is 17.3 Å². The van der Waals surface area contributed by atoms with Crippen LogP contribution in [0.1, 0.15) is 18.6 Å². The van der Waals surface area contributed by atoms with Crippen LogP contribution in [0.3, 0.4) is 0 Å². The molecule has 1 aliphatic heterocycles. The van der Waals surface area contributed by atoms with Crippen molar-refractivity contribution in [3.63, 3.8) is 0 Å². The average molecular weight is 321 g/mol. The number of carbonyl (C=O) groups excluding carboxylic acids is 1. The quantitative estimate of drug-likeness (QED) is 0.893. The van der Waals surface area contributed by atoms with Crippen molar-refractivity contribution >= 4 is 23.3 Å². The van der Waals surface area contributed by atoms with Crippen LogP contribution < -0.4 is 5.32 Å². The first kappa shape index (κ1) is 14.9. The maximum atomic E-state index is 12.4. The van der Waals surface area contributed by atoms with Gasteiger partial charge in [0, 0.05) is 16.8 Å². The van der Waals surface area contributed by atoms with E-state index in [1.807, 2.05) is 31.2 Å². The molecule has 22 heavy (non-hydrogen) atoms. The van der Waals surface area contributed by atoms with Gasteiger partial charge < -0.3 is 15.0 Å². The Bertz CT molecular complexity index is 647. The predicted molar refractivity (Wildman–Crippen MR) is 83.9 cm³/mol. The molecule has 1 aromatic heterocycles. The van der Waals surface area contributed by atoms with Gasteiger partial charge in [0.2, 0.25) is 0 Å². The number of nitrogens with zero attached hydrogens (tertiary/aromatic N) is 2. The maximum absolute atomic E-state index is 12.4. The molecule has 0 aliphatic carbocycles. The van der Waals surface area contributed by atoms with Gasteiger partial charge in [-0.25, -0.2) is 4.79 Å². The van der Waals surface area contributed by atoms with Gasteiger partial charge in [0.15, 0.2) is 0 Å². The SMILES string of the molecule is CC1COC(c2ccccc2Cl)CN1C(=O)Nc1cn[nH]c1. The standard InChI is InChI=1S/C15H17ClN4O2/c1-10-9-22-14(12-4-2-3-5-13(12)16)8-20(10)15(21)19-11-6-17-18-7-11/h2-7,10,14H,8-9H2,1H3,(H,17,18)(H,19,21). The zero-order valence-corrected chi connectivity index (χ0v) is 12.9. The van der Waals surface area contributed by atoms with Crippen LogP contribution in [-0.2, 0) is 4.74 Å². The van der Waals surface area contributed by atoms with Gasteiger partial charge in [-0.05, 0) is 13.0 Å². The van der Waals surface area contributed by atoms with Gasteiger partial charge >= 0.3 is 6.03 Å². The minimum atomic E-state index is -0.222. The van der Waals surface area contributed by atoms with E-state index < -0.39 is 0 Å². The summed E-state index contributed by atoms with van der Waals surface area (Å²) in [5.41, 5.74) is 1.54. The van der Waals surface area contributed by atoms with E-state index >= 15 is 0 Å². The molecule has 2 heterocycles. The Balaban J connectivity index is 1.73. The molecule has 2 aromatic rings. The lowest BCUT2D eigenvalue weighted by Gasteiger charge is -2.38. The number of benzene rings is 1. The molecule has 1 aromatic carbocycles. The molecule has 1 aliphatic rings. The number of halogens is 1. The molecule has 2 amide bonds. The molecular weight excluding hydrogens is 304 g/mol. The lowest BCUT2D eigenvalue weighted by atomic mass is 10.1. The summed E-state index contributed by atoms with van der Waals surface area (Å²) in [4.78, 5) is 14.2. The Morgan fingerprint density at radius 3 is 3.05 bits per heavy atom. The number of ether oxygens (including phenoxy) is 1. The molecule has 2 N–H and O–H groups in total. The van der Waals surface area contributed by atoms with Crippen LogP contribution in [0.4, 0.5) is 10.5 Å². The highest BCUT2D eigenvalue weighted by atomic mass is 35.5. The Hall–Kier alpha value is -2.05. The Morgan fingerprint density at radius 1 is 1.50 bits per heavy atom. The fourth-order valence-electron chi connectivity index (χ4n) is 2.48. The van der Waals surface area contributed by atoms with Crippen LogP contribution in [-0.4, -0.2) is 40.3 Å². The summed E-state index contributed by atoms with van der Waals surface area (Å²) in [5.74, 6) is 0. The summed E-state index contributed by atoms with van der Waals surface area (Å²) < 4.78 is 5.85. The van der Waals surface area contributed by atoms with Crippen LogP contribution in [0.2, 0.25) is 5.02 Å². The van der Waals surface area contributed by atoms with Gasteiger partial charge in [-0.3, -0.25) is 5.10 Å². The van der Waals surface area contributed by atoms with Gasteiger partial charge in [0.1, 0.15) is 6.10 Å². The van der Waals surface area contributed by atoms with Crippen LogP contribution in [0.5, 0.6) is 0 Å². The number of nitrogens with one attached hydrogen (secondary N) is 2. The molecule has 0 bridgehead atoms. The third-order valence-corrected chi connectivity index (χ3v) is 4.04. The minimum absolute atomic E-state index is 0.00867. The van der Waals surface area contributed by atoms with Gasteiger partial charge in [0.05, 0.1) is 31.1 Å². The van der Waals surface area contributed by atoms with Crippen molar-refractivity contribution in [1.29, 1.82) is 0 Å². The minimum Gasteiger partial charge on any atom is -0.369 e. The second-order valence-corrected chi connectivity index (χ2v) is 5.67. The van der Waals surface area contributed by atoms with Crippen LogP contribution in [0.25, 0.3) is 0 Å². The fraction of sp³-hybridized carbons (Fsp3) is 0.333. The second-order valence-electron chi connectivity index (χ2n) is 5.26. The van der Waals surface area contributed by atoms with Crippen LogP contribution in [0, 0.1) is 0 Å². The van der Waals surface area contributed by atoms with Crippen molar-refractivity contribution in [2.45, 2.75) is 19.1 Å². The third-order valence-electron chi connectivity index (χ3n) is 3.70. The van der Waals surface area contributed by atoms with E-state index in [0.29, 0.717) is 23.9 Å². The van der Waals surface area contributed by atoms with Crippen molar-refractivity contribution in [3.8, 4) is 0 Å². The first-order valence-corrected chi connectivity index (χ1v) is 7.45. The monoisotopic (exact) mass is 320 g/mol. The normalized spacial score (nSPS) is 21.6. The first-order valence-electron chi connectivity index (χ1n) is 7.07. The molecule has 2 atom stereocenters. The number of rotatable bonds is 2. The van der Waals surface area contributed by atoms with E-state index in [4.69, 9.17) is 16.3 Å². The highest BCUT2D eigenvalue weighted by Gasteiger charge is 2.31. The highest BCUT2D eigenvalue weighted by Crippen LogP contribution is 2.30. The summed E-state index contributed by atoms with van der Waals surface area (Å²) in [6.45, 7) is 2.88. The number of morpholine rings is 1. The van der Waals surface area contributed by atoms with Crippen LogP contribution in [0.15, 0.2) is 36.7 Å². The van der Waals surface area contributed by atoms with Crippen LogP contribution >= 0.6 is 11.6 Å². The number of amides is 2. The molecule has 6 nitrogen and oxygen atoms in total. The Morgan fingerprint density at radius 2 is 2.32 bits per heavy atom. The number of aromatic amines is 1. The number of urea groups is 1. The van der Waals surface area contributed by atoms with E-state index in [1.165, 1.54) is 0 Å². The van der Waals surface area contributed by atoms with Gasteiger partial charge in [0.25, 0.3) is 0 Å². The summed E-state index contributed by atoms with van der Waals surface area (Å²) in [6, 6.07) is 7.36.